The molecule has 4 heteroatoms. The topological polar surface area (TPSA) is 72.7 Å². The molecule has 0 radical (unpaired) electrons. The number of phenolic OH excluding ortho intramolecular Hbond substituents is 2. The molecule has 1 atom stereocenters. The van der Waals surface area contributed by atoms with Crippen molar-refractivity contribution in [3.8, 4) is 11.5 Å². The number of hydrogen-bond donors (Lipinski definition) is 4. The van der Waals surface area contributed by atoms with Gasteiger partial charge in [-0.3, -0.25) is 0 Å². The van der Waals surface area contributed by atoms with Crippen molar-refractivity contribution in [2.24, 2.45) is 0 Å². The van der Waals surface area contributed by atoms with Gasteiger partial charge >= 0.3 is 0 Å². The second-order valence-corrected chi connectivity index (χ2v) is 4.70. The monoisotopic (exact) mass is 273 g/mol. The van der Waals surface area contributed by atoms with Crippen LogP contribution in [0.5, 0.6) is 11.5 Å². The van der Waals surface area contributed by atoms with Crippen molar-refractivity contribution in [3.63, 3.8) is 0 Å². The van der Waals surface area contributed by atoms with E-state index in [1.807, 2.05) is 18.2 Å². The highest BCUT2D eigenvalue weighted by Crippen LogP contribution is 2.27. The lowest BCUT2D eigenvalue weighted by Gasteiger charge is -2.13. The van der Waals surface area contributed by atoms with Crippen LogP contribution < -0.4 is 5.32 Å². The molecule has 0 amide bonds. The van der Waals surface area contributed by atoms with Gasteiger partial charge in [0.25, 0.3) is 0 Å². The molecule has 0 aliphatic rings. The summed E-state index contributed by atoms with van der Waals surface area (Å²) in [5.74, 6) is -0.399. The average Bonchev–Trinajstić information content (AvgIpc) is 2.47. The normalized spacial score (nSPS) is 12.2. The third-order valence-corrected chi connectivity index (χ3v) is 3.16. The zero-order valence-electron chi connectivity index (χ0n) is 11.2. The van der Waals surface area contributed by atoms with E-state index in [1.54, 1.807) is 6.07 Å². The van der Waals surface area contributed by atoms with E-state index in [1.165, 1.54) is 17.7 Å². The smallest absolute Gasteiger partial charge is 0.157 e. The Morgan fingerprint density at radius 3 is 2.40 bits per heavy atom. The quantitative estimate of drug-likeness (QED) is 0.479. The number of phenols is 2. The summed E-state index contributed by atoms with van der Waals surface area (Å²) >= 11 is 0. The molecular formula is C16H19NO3. The molecule has 0 spiro atoms. The number of aliphatic hydroxyl groups excluding tert-OH is 1. The first-order chi connectivity index (χ1) is 9.66. The molecule has 0 heterocycles. The van der Waals surface area contributed by atoms with Crippen molar-refractivity contribution < 1.29 is 15.3 Å². The minimum Gasteiger partial charge on any atom is -0.504 e. The molecule has 2 aromatic carbocycles. The molecule has 1 unspecified atom stereocenters. The summed E-state index contributed by atoms with van der Waals surface area (Å²) in [5.41, 5.74) is 1.82. The van der Waals surface area contributed by atoms with Crippen LogP contribution >= 0.6 is 0 Å². The maximum atomic E-state index is 9.98. The molecule has 106 valence electrons. The molecule has 0 aliphatic heterocycles. The fourth-order valence-electron chi connectivity index (χ4n) is 1.98. The van der Waals surface area contributed by atoms with Gasteiger partial charge in [0.2, 0.25) is 0 Å². The number of nitrogens with one attached hydrogen (secondary N) is 1. The van der Waals surface area contributed by atoms with Gasteiger partial charge in [-0.05, 0) is 36.2 Å². The molecule has 0 aliphatic carbocycles. The van der Waals surface area contributed by atoms with Crippen molar-refractivity contribution >= 4 is 0 Å². The van der Waals surface area contributed by atoms with Crippen LogP contribution in [0.1, 0.15) is 17.2 Å². The highest BCUT2D eigenvalue weighted by molar-refractivity contribution is 5.41. The standard InChI is InChI=1S/C16H19NO3/c18-14-7-6-13(10-15(14)19)16(20)11-17-9-8-12-4-2-1-3-5-12/h1-7,10,16-20H,8-9,11H2. The number of benzene rings is 2. The van der Waals surface area contributed by atoms with Gasteiger partial charge in [0.1, 0.15) is 0 Å². The van der Waals surface area contributed by atoms with Crippen LogP contribution in [0.15, 0.2) is 48.5 Å². The van der Waals surface area contributed by atoms with Gasteiger partial charge < -0.3 is 20.6 Å². The summed E-state index contributed by atoms with van der Waals surface area (Å²) in [5, 5.41) is 31.8. The van der Waals surface area contributed by atoms with Crippen LogP contribution in [0.2, 0.25) is 0 Å². The van der Waals surface area contributed by atoms with Crippen LogP contribution in [0.4, 0.5) is 0 Å². The Morgan fingerprint density at radius 2 is 1.70 bits per heavy atom. The molecule has 2 aromatic rings. The second-order valence-electron chi connectivity index (χ2n) is 4.70. The Hall–Kier alpha value is -2.04. The minimum atomic E-state index is -0.711. The molecule has 0 fully saturated rings. The summed E-state index contributed by atoms with van der Waals surface area (Å²) in [6, 6.07) is 14.5. The lowest BCUT2D eigenvalue weighted by Crippen LogP contribution is -2.23. The van der Waals surface area contributed by atoms with Crippen molar-refractivity contribution in [1.82, 2.24) is 5.32 Å². The van der Waals surface area contributed by atoms with Crippen molar-refractivity contribution in [2.75, 3.05) is 13.1 Å². The first-order valence-corrected chi connectivity index (χ1v) is 6.61. The molecule has 4 N–H and O–H groups in total. The largest absolute Gasteiger partial charge is 0.504 e. The highest BCUT2D eigenvalue weighted by Gasteiger charge is 2.09. The minimum absolute atomic E-state index is 0.182. The summed E-state index contributed by atoms with van der Waals surface area (Å²) in [6.07, 6.45) is 0.186. The van der Waals surface area contributed by atoms with E-state index in [2.05, 4.69) is 17.4 Å². The number of aromatic hydroxyl groups is 2. The van der Waals surface area contributed by atoms with Crippen molar-refractivity contribution in [2.45, 2.75) is 12.5 Å². The third kappa shape index (κ3) is 3.98. The molecular weight excluding hydrogens is 254 g/mol. The van der Waals surface area contributed by atoms with Gasteiger partial charge in [0, 0.05) is 6.54 Å². The Bertz CT molecular complexity index is 543. The Labute approximate surface area is 118 Å². The number of rotatable bonds is 6. The van der Waals surface area contributed by atoms with Gasteiger partial charge in [-0.25, -0.2) is 0 Å². The van der Waals surface area contributed by atoms with Crippen LogP contribution in [0.25, 0.3) is 0 Å². The third-order valence-electron chi connectivity index (χ3n) is 3.16. The zero-order chi connectivity index (χ0) is 14.4. The molecule has 2 rings (SSSR count). The predicted molar refractivity (Wildman–Crippen MR) is 77.7 cm³/mol. The van der Waals surface area contributed by atoms with E-state index in [4.69, 9.17) is 0 Å². The summed E-state index contributed by atoms with van der Waals surface area (Å²) < 4.78 is 0. The molecule has 20 heavy (non-hydrogen) atoms. The molecule has 0 saturated carbocycles. The molecule has 0 saturated heterocycles. The lowest BCUT2D eigenvalue weighted by atomic mass is 10.1. The summed E-state index contributed by atoms with van der Waals surface area (Å²) in [4.78, 5) is 0. The average molecular weight is 273 g/mol. The summed E-state index contributed by atoms with van der Waals surface area (Å²) in [6.45, 7) is 1.17. The first kappa shape index (κ1) is 14.4. The summed E-state index contributed by atoms with van der Waals surface area (Å²) in [7, 11) is 0. The predicted octanol–water partition coefficient (Wildman–Crippen LogP) is 1.96. The van der Waals surface area contributed by atoms with Gasteiger partial charge in [-0.2, -0.15) is 0 Å². The van der Waals surface area contributed by atoms with Gasteiger partial charge in [0.15, 0.2) is 11.5 Å². The lowest BCUT2D eigenvalue weighted by molar-refractivity contribution is 0.174. The molecule has 0 bridgehead atoms. The Balaban J connectivity index is 1.77. The molecule has 0 aromatic heterocycles. The maximum absolute atomic E-state index is 9.98. The van der Waals surface area contributed by atoms with E-state index in [0.717, 1.165) is 13.0 Å². The number of aliphatic hydroxyl groups is 1. The van der Waals surface area contributed by atoms with E-state index in [0.29, 0.717) is 12.1 Å². The van der Waals surface area contributed by atoms with E-state index in [9.17, 15) is 15.3 Å². The van der Waals surface area contributed by atoms with E-state index in [-0.39, 0.29) is 11.5 Å². The Morgan fingerprint density at radius 1 is 0.950 bits per heavy atom. The van der Waals surface area contributed by atoms with Crippen LogP contribution in [-0.2, 0) is 6.42 Å². The fraction of sp³-hybridized carbons (Fsp3) is 0.250. The highest BCUT2D eigenvalue weighted by atomic mass is 16.3. The van der Waals surface area contributed by atoms with E-state index < -0.39 is 6.10 Å². The maximum Gasteiger partial charge on any atom is 0.157 e. The fourth-order valence-corrected chi connectivity index (χ4v) is 1.98. The first-order valence-electron chi connectivity index (χ1n) is 6.61. The van der Waals surface area contributed by atoms with Gasteiger partial charge in [-0.1, -0.05) is 36.4 Å². The number of hydrogen-bond acceptors (Lipinski definition) is 4. The van der Waals surface area contributed by atoms with Crippen LogP contribution in [0, 0.1) is 0 Å². The zero-order valence-corrected chi connectivity index (χ0v) is 11.2. The van der Waals surface area contributed by atoms with Crippen LogP contribution in [0.3, 0.4) is 0 Å². The van der Waals surface area contributed by atoms with E-state index >= 15 is 0 Å². The van der Waals surface area contributed by atoms with Crippen molar-refractivity contribution in [1.29, 1.82) is 0 Å². The van der Waals surface area contributed by atoms with Crippen molar-refractivity contribution in [3.05, 3.63) is 59.7 Å². The Kier molecular flexibility index (Phi) is 4.98. The van der Waals surface area contributed by atoms with Gasteiger partial charge in [-0.15, -0.1) is 0 Å². The van der Waals surface area contributed by atoms with Gasteiger partial charge in [0.05, 0.1) is 6.10 Å². The van der Waals surface area contributed by atoms with Crippen LogP contribution in [-0.4, -0.2) is 28.4 Å². The second kappa shape index (κ2) is 6.93. The SMILES string of the molecule is Oc1ccc(C(O)CNCCc2ccccc2)cc1O. The molecule has 4 nitrogen and oxygen atoms in total.